The lowest BCUT2D eigenvalue weighted by molar-refractivity contribution is -0.274. The summed E-state index contributed by atoms with van der Waals surface area (Å²) in [6.07, 6.45) is -2.33. The first-order chi connectivity index (χ1) is 14.6. The molecule has 2 aromatic rings. The summed E-state index contributed by atoms with van der Waals surface area (Å²) in [6, 6.07) is 6.75. The zero-order valence-electron chi connectivity index (χ0n) is 16.2. The number of hydrogen-bond donors (Lipinski definition) is 1. The number of carbonyl (C=O) groups excluding carboxylic acids is 2. The molecule has 0 atom stereocenters. The molecule has 1 aliphatic rings. The van der Waals surface area contributed by atoms with Crippen molar-refractivity contribution in [1.82, 2.24) is 9.88 Å². The minimum atomic E-state index is -4.76. The number of amides is 2. The molecule has 2 amide bonds. The van der Waals surface area contributed by atoms with Crippen molar-refractivity contribution in [3.63, 3.8) is 0 Å². The Morgan fingerprint density at radius 1 is 1.19 bits per heavy atom. The molecular weight excluding hydrogens is 483 g/mol. The minimum Gasteiger partial charge on any atom is -0.474 e. The molecule has 1 fully saturated rings. The van der Waals surface area contributed by atoms with Gasteiger partial charge in [-0.1, -0.05) is 12.1 Å². The van der Waals surface area contributed by atoms with Crippen molar-refractivity contribution < 1.29 is 32.2 Å². The summed E-state index contributed by atoms with van der Waals surface area (Å²) < 4.78 is 46.9. The Labute approximate surface area is 184 Å². The highest BCUT2D eigenvalue weighted by Crippen LogP contribution is 2.25. The third-order valence-corrected chi connectivity index (χ3v) is 5.10. The topological polar surface area (TPSA) is 94.8 Å². The highest BCUT2D eigenvalue weighted by molar-refractivity contribution is 9.10. The van der Waals surface area contributed by atoms with E-state index in [9.17, 15) is 22.8 Å². The lowest BCUT2D eigenvalue weighted by Gasteiger charge is -2.32. The van der Waals surface area contributed by atoms with Crippen LogP contribution in [0, 0.1) is 0 Å². The van der Waals surface area contributed by atoms with E-state index in [-0.39, 0.29) is 35.6 Å². The van der Waals surface area contributed by atoms with Gasteiger partial charge in [-0.2, -0.15) is 0 Å². The van der Waals surface area contributed by atoms with Crippen molar-refractivity contribution in [1.29, 1.82) is 0 Å². The monoisotopic (exact) mass is 501 g/mol. The van der Waals surface area contributed by atoms with Gasteiger partial charge in [0.2, 0.25) is 11.8 Å². The smallest absolute Gasteiger partial charge is 0.474 e. The molecule has 1 saturated heterocycles. The SMILES string of the molecule is NC(=O)c1cc(Br)cnc1OC1CCN(C(=O)Cc2ccc(OC(F)(F)F)cc2)CC1. The van der Waals surface area contributed by atoms with Gasteiger partial charge < -0.3 is 20.1 Å². The largest absolute Gasteiger partial charge is 0.573 e. The quantitative estimate of drug-likeness (QED) is 0.653. The molecule has 0 spiro atoms. The number of benzene rings is 1. The second-order valence-corrected chi connectivity index (χ2v) is 7.85. The molecule has 1 aromatic heterocycles. The van der Waals surface area contributed by atoms with Gasteiger partial charge in [-0.3, -0.25) is 9.59 Å². The maximum atomic E-state index is 12.5. The number of piperidine rings is 1. The maximum absolute atomic E-state index is 12.5. The Morgan fingerprint density at radius 2 is 1.84 bits per heavy atom. The van der Waals surface area contributed by atoms with E-state index >= 15 is 0 Å². The number of hydrogen-bond acceptors (Lipinski definition) is 5. The number of nitrogens with two attached hydrogens (primary N) is 1. The van der Waals surface area contributed by atoms with Gasteiger partial charge >= 0.3 is 6.36 Å². The number of alkyl halides is 3. The lowest BCUT2D eigenvalue weighted by atomic mass is 10.1. The number of rotatable bonds is 6. The lowest BCUT2D eigenvalue weighted by Crippen LogP contribution is -2.42. The van der Waals surface area contributed by atoms with Crippen LogP contribution in [0.3, 0.4) is 0 Å². The molecule has 7 nitrogen and oxygen atoms in total. The molecular formula is C20H19BrF3N3O4. The average Bonchev–Trinajstić information content (AvgIpc) is 2.70. The molecule has 0 radical (unpaired) electrons. The molecule has 11 heteroatoms. The van der Waals surface area contributed by atoms with E-state index < -0.39 is 12.3 Å². The molecule has 3 rings (SSSR count). The van der Waals surface area contributed by atoms with Crippen LogP contribution in [-0.2, 0) is 11.2 Å². The predicted octanol–water partition coefficient (Wildman–Crippen LogP) is 3.45. The molecule has 0 bridgehead atoms. The van der Waals surface area contributed by atoms with E-state index in [1.165, 1.54) is 36.5 Å². The van der Waals surface area contributed by atoms with Crippen LogP contribution < -0.4 is 15.2 Å². The average molecular weight is 502 g/mol. The molecule has 2 heterocycles. The molecule has 31 heavy (non-hydrogen) atoms. The summed E-state index contributed by atoms with van der Waals surface area (Å²) in [4.78, 5) is 29.9. The Morgan fingerprint density at radius 3 is 2.42 bits per heavy atom. The van der Waals surface area contributed by atoms with Gasteiger partial charge in [-0.05, 0) is 39.7 Å². The van der Waals surface area contributed by atoms with Gasteiger partial charge in [0, 0.05) is 36.6 Å². The molecule has 0 saturated carbocycles. The van der Waals surface area contributed by atoms with Crippen LogP contribution in [0.2, 0.25) is 0 Å². The van der Waals surface area contributed by atoms with Gasteiger partial charge in [0.25, 0.3) is 5.91 Å². The van der Waals surface area contributed by atoms with Crippen LogP contribution in [0.15, 0.2) is 41.0 Å². The maximum Gasteiger partial charge on any atom is 0.573 e. The summed E-state index contributed by atoms with van der Waals surface area (Å²) in [6.45, 7) is 0.891. The van der Waals surface area contributed by atoms with E-state index in [1.807, 2.05) is 0 Å². The van der Waals surface area contributed by atoms with Crippen LogP contribution >= 0.6 is 15.9 Å². The number of primary amides is 1. The van der Waals surface area contributed by atoms with Crippen LogP contribution in [0.1, 0.15) is 28.8 Å². The third kappa shape index (κ3) is 6.58. The van der Waals surface area contributed by atoms with Crippen molar-refractivity contribution in [3.05, 3.63) is 52.1 Å². The molecule has 2 N–H and O–H groups in total. The second-order valence-electron chi connectivity index (χ2n) is 6.94. The number of halogens is 4. The van der Waals surface area contributed by atoms with Gasteiger partial charge in [-0.15, -0.1) is 13.2 Å². The van der Waals surface area contributed by atoms with Crippen molar-refractivity contribution >= 4 is 27.7 Å². The van der Waals surface area contributed by atoms with E-state index in [4.69, 9.17) is 10.5 Å². The van der Waals surface area contributed by atoms with Crippen molar-refractivity contribution in [2.45, 2.75) is 31.7 Å². The van der Waals surface area contributed by atoms with Crippen molar-refractivity contribution in [2.75, 3.05) is 13.1 Å². The minimum absolute atomic E-state index is 0.0674. The zero-order chi connectivity index (χ0) is 22.6. The Hall–Kier alpha value is -2.82. The Kier molecular flexibility index (Phi) is 7.04. The van der Waals surface area contributed by atoms with Crippen LogP contribution in [0.4, 0.5) is 13.2 Å². The molecule has 0 unspecified atom stereocenters. The van der Waals surface area contributed by atoms with Gasteiger partial charge in [0.1, 0.15) is 17.4 Å². The number of nitrogens with zero attached hydrogens (tertiary/aromatic N) is 2. The third-order valence-electron chi connectivity index (χ3n) is 4.67. The molecule has 1 aromatic carbocycles. The van der Waals surface area contributed by atoms with E-state index in [1.54, 1.807) is 4.90 Å². The standard InChI is InChI=1S/C20H19BrF3N3O4/c21-13-10-16(18(25)29)19(26-11-13)30-14-5-7-27(8-6-14)17(28)9-12-1-3-15(4-2-12)31-20(22,23)24/h1-4,10-11,14H,5-9H2,(H2,25,29). The van der Waals surface area contributed by atoms with Crippen molar-refractivity contribution in [2.24, 2.45) is 5.73 Å². The number of aromatic nitrogens is 1. The van der Waals surface area contributed by atoms with Gasteiger partial charge in [-0.25, -0.2) is 4.98 Å². The fraction of sp³-hybridized carbons (Fsp3) is 0.350. The van der Waals surface area contributed by atoms with Crippen molar-refractivity contribution in [3.8, 4) is 11.6 Å². The summed E-state index contributed by atoms with van der Waals surface area (Å²) in [5.41, 5.74) is 6.13. The highest BCUT2D eigenvalue weighted by atomic mass is 79.9. The highest BCUT2D eigenvalue weighted by Gasteiger charge is 2.31. The van der Waals surface area contributed by atoms with Gasteiger partial charge in [0.15, 0.2) is 0 Å². The van der Waals surface area contributed by atoms with Crippen LogP contribution in [0.25, 0.3) is 0 Å². The first kappa shape index (κ1) is 22.9. The van der Waals surface area contributed by atoms with Crippen LogP contribution in [-0.4, -0.2) is 47.3 Å². The summed E-state index contributed by atoms with van der Waals surface area (Å²) in [5, 5.41) is 0. The van der Waals surface area contributed by atoms with Gasteiger partial charge in [0.05, 0.1) is 6.42 Å². The van der Waals surface area contributed by atoms with E-state index in [2.05, 4.69) is 25.7 Å². The Bertz CT molecular complexity index is 946. The second kappa shape index (κ2) is 9.54. The summed E-state index contributed by atoms with van der Waals surface area (Å²) in [5.74, 6) is -0.967. The Balaban J connectivity index is 1.52. The fourth-order valence-electron chi connectivity index (χ4n) is 3.17. The predicted molar refractivity (Wildman–Crippen MR) is 108 cm³/mol. The van der Waals surface area contributed by atoms with E-state index in [0.29, 0.717) is 36.0 Å². The number of pyridine rings is 1. The molecule has 0 aliphatic carbocycles. The number of likely N-dealkylation sites (tertiary alicyclic amines) is 1. The fourth-order valence-corrected chi connectivity index (χ4v) is 3.50. The normalized spacial score (nSPS) is 14.9. The van der Waals surface area contributed by atoms with Crippen LogP contribution in [0.5, 0.6) is 11.6 Å². The first-order valence-corrected chi connectivity index (χ1v) is 10.1. The van der Waals surface area contributed by atoms with E-state index in [0.717, 1.165) is 0 Å². The summed E-state index contributed by atoms with van der Waals surface area (Å²) >= 11 is 3.23. The zero-order valence-corrected chi connectivity index (χ0v) is 17.8. The number of ether oxygens (including phenoxy) is 2. The molecule has 1 aliphatic heterocycles. The number of carbonyl (C=O) groups is 2. The molecule has 166 valence electrons. The first-order valence-electron chi connectivity index (χ1n) is 9.35. The summed E-state index contributed by atoms with van der Waals surface area (Å²) in [7, 11) is 0.